The molecule has 0 unspecified atom stereocenters. The molecule has 7 nitrogen and oxygen atoms in total. The fraction of sp³-hybridized carbons (Fsp3) is 0.217. The van der Waals surface area contributed by atoms with Crippen molar-refractivity contribution in [3.05, 3.63) is 65.6 Å². The molecular formula is C23H23FN6O. The molecule has 0 spiro atoms. The van der Waals surface area contributed by atoms with Crippen LogP contribution < -0.4 is 15.4 Å². The summed E-state index contributed by atoms with van der Waals surface area (Å²) in [4.78, 5) is 14.6. The summed E-state index contributed by atoms with van der Waals surface area (Å²) < 4.78 is 19.8. The Labute approximate surface area is 179 Å². The second-order valence-electron chi connectivity index (χ2n) is 7.67. The SMILES string of the molecule is COc1cc2c(cc1Nc1nc(Nc3ccccc3F)c3cc[nH]c3n1)CN(C)CC2. The van der Waals surface area contributed by atoms with E-state index in [0.717, 1.165) is 36.3 Å². The summed E-state index contributed by atoms with van der Waals surface area (Å²) in [6, 6.07) is 12.5. The first-order valence-electron chi connectivity index (χ1n) is 10.1. The molecule has 0 bridgehead atoms. The number of nitrogens with zero attached hydrogens (tertiary/aromatic N) is 3. The van der Waals surface area contributed by atoms with Gasteiger partial charge >= 0.3 is 0 Å². The van der Waals surface area contributed by atoms with Crippen molar-refractivity contribution in [1.29, 1.82) is 0 Å². The van der Waals surface area contributed by atoms with E-state index in [4.69, 9.17) is 4.74 Å². The van der Waals surface area contributed by atoms with Crippen molar-refractivity contribution in [3.63, 3.8) is 0 Å². The van der Waals surface area contributed by atoms with Crippen molar-refractivity contribution in [2.24, 2.45) is 0 Å². The molecule has 2 aromatic carbocycles. The number of ether oxygens (including phenoxy) is 1. The molecule has 8 heteroatoms. The van der Waals surface area contributed by atoms with E-state index >= 15 is 0 Å². The van der Waals surface area contributed by atoms with E-state index in [-0.39, 0.29) is 5.82 Å². The molecule has 31 heavy (non-hydrogen) atoms. The summed E-state index contributed by atoms with van der Waals surface area (Å²) in [6.07, 6.45) is 2.77. The molecule has 1 aliphatic heterocycles. The van der Waals surface area contributed by atoms with Crippen molar-refractivity contribution >= 4 is 34.2 Å². The third-order valence-electron chi connectivity index (χ3n) is 5.51. The number of aromatic amines is 1. The standard InChI is InChI=1S/C23H23FN6O/c1-30-10-8-14-12-20(31-2)19(11-15(14)13-30)27-23-28-21-16(7-9-25-21)22(29-23)26-18-6-4-3-5-17(18)24/h3-7,9,11-12H,8,10,13H2,1-2H3,(H3,25,26,27,28,29). The van der Waals surface area contributed by atoms with E-state index in [1.165, 1.54) is 17.2 Å². The summed E-state index contributed by atoms with van der Waals surface area (Å²) in [7, 11) is 3.77. The highest BCUT2D eigenvalue weighted by Gasteiger charge is 2.18. The van der Waals surface area contributed by atoms with Crippen LogP contribution in [0.1, 0.15) is 11.1 Å². The van der Waals surface area contributed by atoms with Gasteiger partial charge in [-0.2, -0.15) is 9.97 Å². The average Bonchev–Trinajstić information content (AvgIpc) is 3.24. The Morgan fingerprint density at radius 1 is 1.06 bits per heavy atom. The molecule has 0 atom stereocenters. The quantitative estimate of drug-likeness (QED) is 0.440. The van der Waals surface area contributed by atoms with Crippen LogP contribution in [-0.4, -0.2) is 40.6 Å². The molecule has 4 aromatic rings. The number of H-pyrrole nitrogens is 1. The topological polar surface area (TPSA) is 78.1 Å². The predicted octanol–water partition coefficient (Wildman–Crippen LogP) is 4.58. The first-order chi connectivity index (χ1) is 15.1. The minimum Gasteiger partial charge on any atom is -0.495 e. The lowest BCUT2D eigenvalue weighted by atomic mass is 9.99. The third-order valence-corrected chi connectivity index (χ3v) is 5.51. The van der Waals surface area contributed by atoms with E-state index in [1.807, 2.05) is 6.07 Å². The van der Waals surface area contributed by atoms with Crippen LogP contribution in [0, 0.1) is 5.82 Å². The monoisotopic (exact) mass is 418 g/mol. The zero-order valence-corrected chi connectivity index (χ0v) is 17.4. The maximum Gasteiger partial charge on any atom is 0.231 e. The van der Waals surface area contributed by atoms with Crippen molar-refractivity contribution < 1.29 is 9.13 Å². The lowest BCUT2D eigenvalue weighted by Crippen LogP contribution is -2.26. The number of benzene rings is 2. The Bertz CT molecular complexity index is 1250. The van der Waals surface area contributed by atoms with Crippen molar-refractivity contribution in [1.82, 2.24) is 19.9 Å². The molecule has 158 valence electrons. The molecular weight excluding hydrogens is 395 g/mol. The Kier molecular flexibility index (Phi) is 4.91. The summed E-state index contributed by atoms with van der Waals surface area (Å²) in [5.74, 6) is 1.29. The first-order valence-corrected chi connectivity index (χ1v) is 10.1. The lowest BCUT2D eigenvalue weighted by molar-refractivity contribution is 0.312. The van der Waals surface area contributed by atoms with Crippen LogP contribution in [0.15, 0.2) is 48.7 Å². The maximum atomic E-state index is 14.2. The summed E-state index contributed by atoms with van der Waals surface area (Å²) >= 11 is 0. The Morgan fingerprint density at radius 3 is 2.77 bits per heavy atom. The largest absolute Gasteiger partial charge is 0.495 e. The smallest absolute Gasteiger partial charge is 0.231 e. The fourth-order valence-electron chi connectivity index (χ4n) is 3.90. The average molecular weight is 418 g/mol. The maximum absolute atomic E-state index is 14.2. The van der Waals surface area contributed by atoms with Crippen LogP contribution in [0.5, 0.6) is 5.75 Å². The van der Waals surface area contributed by atoms with Crippen molar-refractivity contribution in [2.75, 3.05) is 31.3 Å². The number of hydrogen-bond donors (Lipinski definition) is 3. The third kappa shape index (κ3) is 3.77. The summed E-state index contributed by atoms with van der Waals surface area (Å²) in [6.45, 7) is 1.91. The first kappa shape index (κ1) is 19.3. The number of hydrogen-bond acceptors (Lipinski definition) is 6. The molecule has 5 rings (SSSR count). The number of anilines is 4. The predicted molar refractivity (Wildman–Crippen MR) is 120 cm³/mol. The van der Waals surface area contributed by atoms with Gasteiger partial charge in [0.1, 0.15) is 23.0 Å². The highest BCUT2D eigenvalue weighted by Crippen LogP contribution is 2.34. The normalized spacial score (nSPS) is 13.8. The molecule has 0 radical (unpaired) electrons. The number of rotatable bonds is 5. The molecule has 3 N–H and O–H groups in total. The highest BCUT2D eigenvalue weighted by molar-refractivity contribution is 5.90. The van der Waals surface area contributed by atoms with E-state index in [1.54, 1.807) is 31.5 Å². The number of para-hydroxylation sites is 1. The van der Waals surface area contributed by atoms with E-state index in [2.05, 4.69) is 49.7 Å². The summed E-state index contributed by atoms with van der Waals surface area (Å²) in [5, 5.41) is 7.15. The summed E-state index contributed by atoms with van der Waals surface area (Å²) in [5.41, 5.74) is 4.34. The van der Waals surface area contributed by atoms with Crippen LogP contribution >= 0.6 is 0 Å². The minimum absolute atomic E-state index is 0.347. The highest BCUT2D eigenvalue weighted by atomic mass is 19.1. The molecule has 0 saturated carbocycles. The number of aromatic nitrogens is 3. The van der Waals surface area contributed by atoms with E-state index < -0.39 is 0 Å². The lowest BCUT2D eigenvalue weighted by Gasteiger charge is -2.26. The van der Waals surface area contributed by atoms with Gasteiger partial charge in [0.15, 0.2) is 0 Å². The molecule has 1 aliphatic rings. The van der Waals surface area contributed by atoms with Gasteiger partial charge in [0.05, 0.1) is 23.9 Å². The second-order valence-corrected chi connectivity index (χ2v) is 7.67. The van der Waals surface area contributed by atoms with Gasteiger partial charge in [0, 0.05) is 19.3 Å². The van der Waals surface area contributed by atoms with Crippen LogP contribution in [0.2, 0.25) is 0 Å². The molecule has 0 amide bonds. The van der Waals surface area contributed by atoms with Crippen molar-refractivity contribution in [2.45, 2.75) is 13.0 Å². The second kappa shape index (κ2) is 7.88. The van der Waals surface area contributed by atoms with Gasteiger partial charge in [-0.05, 0) is 54.9 Å². The molecule has 3 heterocycles. The van der Waals surface area contributed by atoms with E-state index in [9.17, 15) is 4.39 Å². The van der Waals surface area contributed by atoms with Crippen LogP contribution in [0.4, 0.5) is 27.5 Å². The van der Waals surface area contributed by atoms with Crippen LogP contribution in [0.3, 0.4) is 0 Å². The molecule has 0 fully saturated rings. The van der Waals surface area contributed by atoms with Crippen molar-refractivity contribution in [3.8, 4) is 5.75 Å². The van der Waals surface area contributed by atoms with Crippen LogP contribution in [0.25, 0.3) is 11.0 Å². The Morgan fingerprint density at radius 2 is 1.94 bits per heavy atom. The van der Waals surface area contributed by atoms with Gasteiger partial charge in [-0.15, -0.1) is 0 Å². The Balaban J connectivity index is 1.53. The number of likely N-dealkylation sites (N-methyl/N-ethyl adjacent to an activating group) is 1. The van der Waals surface area contributed by atoms with E-state index in [0.29, 0.717) is 23.1 Å². The van der Waals surface area contributed by atoms with Gasteiger partial charge in [-0.3, -0.25) is 0 Å². The minimum atomic E-state index is -0.347. The van der Waals surface area contributed by atoms with Gasteiger partial charge < -0.3 is 25.3 Å². The molecule has 0 saturated heterocycles. The van der Waals surface area contributed by atoms with Crippen LogP contribution in [-0.2, 0) is 13.0 Å². The van der Waals surface area contributed by atoms with Gasteiger partial charge in [0.2, 0.25) is 5.95 Å². The zero-order valence-electron chi connectivity index (χ0n) is 17.4. The Hall–Kier alpha value is -3.65. The number of fused-ring (bicyclic) bond motifs is 2. The molecule has 2 aromatic heterocycles. The van der Waals surface area contributed by atoms with Gasteiger partial charge in [-0.1, -0.05) is 12.1 Å². The number of nitrogens with one attached hydrogen (secondary N) is 3. The fourth-order valence-corrected chi connectivity index (χ4v) is 3.90. The molecule has 0 aliphatic carbocycles. The van der Waals surface area contributed by atoms with Gasteiger partial charge in [-0.25, -0.2) is 4.39 Å². The van der Waals surface area contributed by atoms with Gasteiger partial charge in [0.25, 0.3) is 0 Å². The number of methoxy groups -OCH3 is 1. The zero-order chi connectivity index (χ0) is 21.4. The number of halogens is 1.